The molecular formula is C20H28N2O2. The zero-order valence-electron chi connectivity index (χ0n) is 14.4. The van der Waals surface area contributed by atoms with Gasteiger partial charge >= 0.3 is 0 Å². The lowest BCUT2D eigenvalue weighted by Crippen LogP contribution is -2.39. The van der Waals surface area contributed by atoms with Crippen LogP contribution in [0.25, 0.3) is 0 Å². The molecule has 1 aliphatic heterocycles. The van der Waals surface area contributed by atoms with Gasteiger partial charge in [0.15, 0.2) is 0 Å². The van der Waals surface area contributed by atoms with Crippen molar-refractivity contribution < 1.29 is 9.52 Å². The van der Waals surface area contributed by atoms with E-state index in [2.05, 4.69) is 10.2 Å². The summed E-state index contributed by atoms with van der Waals surface area (Å²) in [6, 6.07) is 14.0. The highest BCUT2D eigenvalue weighted by Gasteiger charge is 2.21. The van der Waals surface area contributed by atoms with Crippen LogP contribution in [0.15, 0.2) is 46.9 Å². The fraction of sp³-hybridized carbons (Fsp3) is 0.500. The molecule has 0 amide bonds. The molecular weight excluding hydrogens is 300 g/mol. The lowest BCUT2D eigenvalue weighted by Gasteiger charge is -2.33. The average Bonchev–Trinajstić information content (AvgIpc) is 3.02. The number of rotatable bonds is 7. The first-order valence-corrected chi connectivity index (χ1v) is 8.92. The summed E-state index contributed by atoms with van der Waals surface area (Å²) in [5.41, 5.74) is 1.01. The molecule has 0 radical (unpaired) electrons. The van der Waals surface area contributed by atoms with Crippen LogP contribution in [-0.2, 0) is 6.54 Å². The molecule has 1 saturated heterocycles. The molecule has 24 heavy (non-hydrogen) atoms. The number of aliphatic hydroxyl groups is 1. The summed E-state index contributed by atoms with van der Waals surface area (Å²) >= 11 is 0. The highest BCUT2D eigenvalue weighted by Crippen LogP contribution is 2.20. The van der Waals surface area contributed by atoms with Crippen LogP contribution in [0.2, 0.25) is 0 Å². The Morgan fingerprint density at radius 1 is 1.17 bits per heavy atom. The van der Waals surface area contributed by atoms with E-state index in [-0.39, 0.29) is 6.10 Å². The van der Waals surface area contributed by atoms with Crippen LogP contribution in [0.5, 0.6) is 0 Å². The van der Waals surface area contributed by atoms with Crippen molar-refractivity contribution in [2.24, 2.45) is 5.92 Å². The highest BCUT2D eigenvalue weighted by molar-refractivity contribution is 5.17. The predicted molar refractivity (Wildman–Crippen MR) is 95.7 cm³/mol. The Labute approximate surface area is 144 Å². The number of aliphatic hydroxyl groups excluding tert-OH is 1. The van der Waals surface area contributed by atoms with Crippen LogP contribution in [0.1, 0.15) is 36.0 Å². The van der Waals surface area contributed by atoms with Crippen LogP contribution in [0.3, 0.4) is 0 Å². The topological polar surface area (TPSA) is 48.6 Å². The second-order valence-corrected chi connectivity index (χ2v) is 6.81. The van der Waals surface area contributed by atoms with Gasteiger partial charge in [0.1, 0.15) is 11.5 Å². The number of furan rings is 1. The maximum Gasteiger partial charge on any atom is 0.117 e. The molecule has 1 fully saturated rings. The van der Waals surface area contributed by atoms with Crippen molar-refractivity contribution in [2.75, 3.05) is 26.2 Å². The van der Waals surface area contributed by atoms with Crippen LogP contribution in [0, 0.1) is 12.8 Å². The maximum absolute atomic E-state index is 10.3. The predicted octanol–water partition coefficient (Wildman–Crippen LogP) is 3.12. The maximum atomic E-state index is 10.3. The normalized spacial score (nSPS) is 17.9. The Hall–Kier alpha value is -1.62. The summed E-state index contributed by atoms with van der Waals surface area (Å²) in [6.07, 6.45) is 1.99. The molecule has 2 N–H and O–H groups in total. The van der Waals surface area contributed by atoms with Crippen molar-refractivity contribution in [3.63, 3.8) is 0 Å². The average molecular weight is 328 g/mol. The Bertz CT molecular complexity index is 603. The number of likely N-dealkylation sites (tertiary alicyclic amines) is 1. The van der Waals surface area contributed by atoms with Crippen molar-refractivity contribution in [2.45, 2.75) is 32.4 Å². The van der Waals surface area contributed by atoms with Gasteiger partial charge in [-0.1, -0.05) is 30.3 Å². The molecule has 0 aliphatic carbocycles. The lowest BCUT2D eigenvalue weighted by molar-refractivity contribution is 0.0890. The summed E-state index contributed by atoms with van der Waals surface area (Å²) < 4.78 is 5.58. The number of nitrogens with zero attached hydrogens (tertiary/aromatic N) is 1. The molecule has 2 aromatic rings. The third-order valence-corrected chi connectivity index (χ3v) is 4.85. The third-order valence-electron chi connectivity index (χ3n) is 4.85. The summed E-state index contributed by atoms with van der Waals surface area (Å²) in [4.78, 5) is 2.38. The van der Waals surface area contributed by atoms with E-state index in [1.165, 1.54) is 12.8 Å². The number of piperidine rings is 1. The van der Waals surface area contributed by atoms with Crippen molar-refractivity contribution in [1.29, 1.82) is 0 Å². The summed E-state index contributed by atoms with van der Waals surface area (Å²) in [6.45, 7) is 6.68. The van der Waals surface area contributed by atoms with E-state index < -0.39 is 0 Å². The Morgan fingerprint density at radius 2 is 1.92 bits per heavy atom. The molecule has 1 atom stereocenters. The molecule has 1 aromatic heterocycles. The molecule has 0 bridgehead atoms. The Morgan fingerprint density at radius 3 is 2.58 bits per heavy atom. The smallest absolute Gasteiger partial charge is 0.117 e. The SMILES string of the molecule is Cc1ccc(CNCC2CCN(C[C@@H](O)c3ccccc3)CC2)o1. The fourth-order valence-electron chi connectivity index (χ4n) is 3.38. The quantitative estimate of drug-likeness (QED) is 0.820. The monoisotopic (exact) mass is 328 g/mol. The van der Waals surface area contributed by atoms with Gasteiger partial charge in [0.25, 0.3) is 0 Å². The van der Waals surface area contributed by atoms with Gasteiger partial charge in [-0.15, -0.1) is 0 Å². The molecule has 0 spiro atoms. The second-order valence-electron chi connectivity index (χ2n) is 6.81. The van der Waals surface area contributed by atoms with E-state index in [4.69, 9.17) is 4.42 Å². The molecule has 1 aliphatic rings. The van der Waals surface area contributed by atoms with Gasteiger partial charge in [-0.05, 0) is 63.0 Å². The third kappa shape index (κ3) is 4.94. The van der Waals surface area contributed by atoms with Crippen LogP contribution in [0.4, 0.5) is 0 Å². The molecule has 0 unspecified atom stereocenters. The number of benzene rings is 1. The number of β-amino-alcohol motifs (C(OH)–C–C–N with tert-alkyl or cyclic N) is 1. The van der Waals surface area contributed by atoms with E-state index in [1.54, 1.807) is 0 Å². The number of nitrogens with one attached hydrogen (secondary N) is 1. The van der Waals surface area contributed by atoms with E-state index in [9.17, 15) is 5.11 Å². The van der Waals surface area contributed by atoms with E-state index in [0.29, 0.717) is 5.92 Å². The van der Waals surface area contributed by atoms with Gasteiger partial charge in [-0.2, -0.15) is 0 Å². The first kappa shape index (κ1) is 17.2. The van der Waals surface area contributed by atoms with Gasteiger partial charge in [0, 0.05) is 6.54 Å². The van der Waals surface area contributed by atoms with Crippen molar-refractivity contribution in [3.8, 4) is 0 Å². The Balaban J connectivity index is 1.35. The molecule has 1 aromatic carbocycles. The van der Waals surface area contributed by atoms with E-state index >= 15 is 0 Å². The minimum Gasteiger partial charge on any atom is -0.465 e. The van der Waals surface area contributed by atoms with Gasteiger partial charge in [-0.25, -0.2) is 0 Å². The van der Waals surface area contributed by atoms with Crippen LogP contribution in [-0.4, -0.2) is 36.2 Å². The summed E-state index contributed by atoms with van der Waals surface area (Å²) in [5.74, 6) is 2.69. The van der Waals surface area contributed by atoms with Gasteiger partial charge < -0.3 is 19.7 Å². The fourth-order valence-corrected chi connectivity index (χ4v) is 3.38. The standard InChI is InChI=1S/C20H28N2O2/c1-16-7-8-19(24-16)14-21-13-17-9-11-22(12-10-17)15-20(23)18-5-3-2-4-6-18/h2-8,17,20-21,23H,9-15H2,1H3/t20-/m1/s1. The van der Waals surface area contributed by atoms with E-state index in [0.717, 1.165) is 49.8 Å². The second kappa shape index (κ2) is 8.47. The molecule has 2 heterocycles. The first-order valence-electron chi connectivity index (χ1n) is 8.92. The van der Waals surface area contributed by atoms with Gasteiger partial charge in [0.05, 0.1) is 12.6 Å². The number of hydrogen-bond donors (Lipinski definition) is 2. The van der Waals surface area contributed by atoms with Crippen LogP contribution >= 0.6 is 0 Å². The largest absolute Gasteiger partial charge is 0.465 e. The van der Waals surface area contributed by atoms with Crippen molar-refractivity contribution >= 4 is 0 Å². The van der Waals surface area contributed by atoms with Gasteiger partial charge in [0.2, 0.25) is 0 Å². The zero-order valence-corrected chi connectivity index (χ0v) is 14.4. The molecule has 4 heteroatoms. The summed E-state index contributed by atoms with van der Waals surface area (Å²) in [7, 11) is 0. The molecule has 4 nitrogen and oxygen atoms in total. The molecule has 130 valence electrons. The lowest BCUT2D eigenvalue weighted by atomic mass is 9.96. The van der Waals surface area contributed by atoms with E-state index in [1.807, 2.05) is 49.4 Å². The molecule has 0 saturated carbocycles. The zero-order chi connectivity index (χ0) is 16.8. The summed E-state index contributed by atoms with van der Waals surface area (Å²) in [5, 5.41) is 13.8. The number of aryl methyl sites for hydroxylation is 1. The number of hydrogen-bond acceptors (Lipinski definition) is 4. The first-order chi connectivity index (χ1) is 11.7. The van der Waals surface area contributed by atoms with Gasteiger partial charge in [-0.3, -0.25) is 0 Å². The highest BCUT2D eigenvalue weighted by atomic mass is 16.3. The van der Waals surface area contributed by atoms with Crippen molar-refractivity contribution in [1.82, 2.24) is 10.2 Å². The van der Waals surface area contributed by atoms with Crippen molar-refractivity contribution in [3.05, 3.63) is 59.5 Å². The Kier molecular flexibility index (Phi) is 6.07. The minimum absolute atomic E-state index is 0.386. The minimum atomic E-state index is -0.386. The molecule has 3 rings (SSSR count). The van der Waals surface area contributed by atoms with Crippen LogP contribution < -0.4 is 5.32 Å².